The summed E-state index contributed by atoms with van der Waals surface area (Å²) >= 11 is 0. The molecular weight excluding hydrogens is 518 g/mol. The standard InChI is InChI=1S/C33H35N3O5/c1-4-6-7-11-16-40-33(38)36-21-25(19-30(36)32(37)35-27-17-22(27)5-2)41-31-20-28(23-12-9-8-10-13-23)34-29-18-24(39-3)14-15-26(29)31/h4-5,8-10,12-15,18,20,22,25,30H,1-2,6-7,11,16-17,19,21H2,3H3/t22-,25-,30+/m1/s1. The predicted molar refractivity (Wildman–Crippen MR) is 159 cm³/mol. The first-order chi connectivity index (χ1) is 20.0. The Morgan fingerprint density at radius 2 is 1.95 bits per heavy atom. The first kappa shape index (κ1) is 28.1. The fourth-order valence-corrected chi connectivity index (χ4v) is 5.02. The number of hydrogen-bond donors (Lipinski definition) is 0. The Kier molecular flexibility index (Phi) is 8.77. The number of likely N-dealkylation sites (tertiary alicyclic amines) is 1. The van der Waals surface area contributed by atoms with Gasteiger partial charge in [0.05, 0.1) is 31.5 Å². The second-order valence-electron chi connectivity index (χ2n) is 10.3. The highest BCUT2D eigenvalue weighted by atomic mass is 16.6. The molecule has 1 saturated carbocycles. The Morgan fingerprint density at radius 3 is 2.68 bits per heavy atom. The van der Waals surface area contributed by atoms with E-state index in [9.17, 15) is 9.59 Å². The Balaban J connectivity index is 1.40. The normalized spacial score (nSPS) is 20.6. The zero-order chi connectivity index (χ0) is 28.8. The van der Waals surface area contributed by atoms with Crippen molar-refractivity contribution in [2.75, 3.05) is 20.3 Å². The third-order valence-corrected chi connectivity index (χ3v) is 7.39. The van der Waals surface area contributed by atoms with E-state index < -0.39 is 18.2 Å². The molecule has 1 aliphatic heterocycles. The Hall–Kier alpha value is -4.46. The molecule has 1 aromatic heterocycles. The topological polar surface area (TPSA) is 90.3 Å². The number of benzene rings is 2. The van der Waals surface area contributed by atoms with Crippen molar-refractivity contribution >= 4 is 28.6 Å². The van der Waals surface area contributed by atoms with Crippen LogP contribution < -0.4 is 9.47 Å². The number of unbranched alkanes of at least 4 members (excludes halogenated alkanes) is 2. The summed E-state index contributed by atoms with van der Waals surface area (Å²) in [5.41, 5.74) is 3.21. The molecule has 0 radical (unpaired) electrons. The zero-order valence-electron chi connectivity index (χ0n) is 23.3. The van der Waals surface area contributed by atoms with Crippen molar-refractivity contribution in [3.63, 3.8) is 0 Å². The van der Waals surface area contributed by atoms with Crippen LogP contribution in [0.15, 0.2) is 84.9 Å². The maximum absolute atomic E-state index is 13.2. The number of nitrogens with zero attached hydrogens (tertiary/aromatic N) is 3. The molecule has 2 aliphatic rings. The maximum atomic E-state index is 13.2. The van der Waals surface area contributed by atoms with Gasteiger partial charge in [0.25, 0.3) is 5.91 Å². The number of ether oxygens (including phenoxy) is 3. The number of rotatable bonds is 11. The number of methoxy groups -OCH3 is 1. The van der Waals surface area contributed by atoms with Gasteiger partial charge in [0.15, 0.2) is 0 Å². The maximum Gasteiger partial charge on any atom is 0.410 e. The lowest BCUT2D eigenvalue weighted by molar-refractivity contribution is -0.121. The van der Waals surface area contributed by atoms with Gasteiger partial charge in [-0.05, 0) is 37.8 Å². The highest BCUT2D eigenvalue weighted by Crippen LogP contribution is 2.35. The first-order valence-electron chi connectivity index (χ1n) is 14.0. The van der Waals surface area contributed by atoms with Crippen molar-refractivity contribution in [3.05, 3.63) is 79.9 Å². The van der Waals surface area contributed by atoms with Gasteiger partial charge in [-0.3, -0.25) is 9.69 Å². The molecule has 3 aromatic rings. The van der Waals surface area contributed by atoms with Gasteiger partial charge in [0, 0.05) is 41.1 Å². The molecule has 41 heavy (non-hydrogen) atoms. The molecule has 0 unspecified atom stereocenters. The fraction of sp³-hybridized carbons (Fsp3) is 0.333. The van der Waals surface area contributed by atoms with Crippen LogP contribution >= 0.6 is 0 Å². The van der Waals surface area contributed by atoms with Crippen molar-refractivity contribution in [1.82, 2.24) is 9.88 Å². The van der Waals surface area contributed by atoms with Crippen LogP contribution in [0, 0.1) is 5.92 Å². The number of amides is 2. The molecule has 2 amide bonds. The fourth-order valence-electron chi connectivity index (χ4n) is 5.02. The average Bonchev–Trinajstić information content (AvgIpc) is 3.62. The van der Waals surface area contributed by atoms with Gasteiger partial charge in [0.1, 0.15) is 23.6 Å². The Morgan fingerprint density at radius 1 is 1.12 bits per heavy atom. The second-order valence-corrected chi connectivity index (χ2v) is 10.3. The van der Waals surface area contributed by atoms with E-state index >= 15 is 0 Å². The number of pyridine rings is 1. The number of carbonyl (C=O) groups excluding carboxylic acids is 2. The van der Waals surface area contributed by atoms with Crippen LogP contribution in [0.5, 0.6) is 11.5 Å². The number of hydrogen-bond acceptors (Lipinski definition) is 6. The highest BCUT2D eigenvalue weighted by molar-refractivity contribution is 6.09. The van der Waals surface area contributed by atoms with Crippen LogP contribution in [0.3, 0.4) is 0 Å². The first-order valence-corrected chi connectivity index (χ1v) is 14.0. The number of aromatic nitrogens is 1. The Bertz CT molecular complexity index is 1470. The second kappa shape index (κ2) is 12.8. The van der Waals surface area contributed by atoms with Crippen LogP contribution in [-0.2, 0) is 9.53 Å². The summed E-state index contributed by atoms with van der Waals surface area (Å²) in [7, 11) is 1.62. The third-order valence-electron chi connectivity index (χ3n) is 7.39. The van der Waals surface area contributed by atoms with E-state index in [2.05, 4.69) is 18.2 Å². The van der Waals surface area contributed by atoms with Crippen LogP contribution in [0.2, 0.25) is 0 Å². The number of aliphatic imine (C=N–C) groups is 1. The van der Waals surface area contributed by atoms with Gasteiger partial charge in [-0.1, -0.05) is 42.5 Å². The molecule has 3 atom stereocenters. The van der Waals surface area contributed by atoms with Gasteiger partial charge < -0.3 is 14.2 Å². The molecule has 2 fully saturated rings. The monoisotopic (exact) mass is 553 g/mol. The van der Waals surface area contributed by atoms with E-state index in [4.69, 9.17) is 19.2 Å². The largest absolute Gasteiger partial charge is 0.497 e. The summed E-state index contributed by atoms with van der Waals surface area (Å²) in [6.45, 7) is 7.99. The van der Waals surface area contributed by atoms with Gasteiger partial charge in [-0.25, -0.2) is 14.8 Å². The minimum atomic E-state index is -0.763. The van der Waals surface area contributed by atoms with Crippen LogP contribution in [0.1, 0.15) is 32.1 Å². The van der Waals surface area contributed by atoms with Gasteiger partial charge in [-0.2, -0.15) is 0 Å². The van der Waals surface area contributed by atoms with E-state index in [0.29, 0.717) is 17.9 Å². The summed E-state index contributed by atoms with van der Waals surface area (Å²) in [4.78, 5) is 37.0. The van der Waals surface area contributed by atoms with E-state index in [1.807, 2.05) is 60.7 Å². The summed E-state index contributed by atoms with van der Waals surface area (Å²) in [5, 5.41) is 0.809. The predicted octanol–water partition coefficient (Wildman–Crippen LogP) is 6.40. The molecule has 2 heterocycles. The minimum absolute atomic E-state index is 0.134. The smallest absolute Gasteiger partial charge is 0.410 e. The molecule has 1 saturated heterocycles. The molecule has 5 rings (SSSR count). The summed E-state index contributed by atoms with van der Waals surface area (Å²) in [5.74, 6) is 1.09. The number of allylic oxidation sites excluding steroid dienone is 2. The van der Waals surface area contributed by atoms with Crippen molar-refractivity contribution in [3.8, 4) is 22.8 Å². The van der Waals surface area contributed by atoms with Crippen molar-refractivity contribution < 1.29 is 23.8 Å². The highest BCUT2D eigenvalue weighted by Gasteiger charge is 2.43. The van der Waals surface area contributed by atoms with Gasteiger partial charge >= 0.3 is 6.09 Å². The molecule has 0 spiro atoms. The number of fused-ring (bicyclic) bond motifs is 1. The average molecular weight is 554 g/mol. The van der Waals surface area contributed by atoms with Crippen molar-refractivity contribution in [2.45, 2.75) is 44.2 Å². The molecule has 8 heteroatoms. The SMILES string of the molecule is C=CCCCCOC(=O)N1C[C@H](Oc2cc(-c3ccccc3)nc3cc(OC)ccc23)C[C@H]1C(=O)N=C1C[C@H]1C=C. The molecule has 1 aliphatic carbocycles. The van der Waals surface area contributed by atoms with Crippen LogP contribution in [0.4, 0.5) is 4.79 Å². The summed E-state index contributed by atoms with van der Waals surface area (Å²) in [6.07, 6.45) is 6.15. The molecule has 2 aromatic carbocycles. The Labute approximate surface area is 240 Å². The minimum Gasteiger partial charge on any atom is -0.497 e. The lowest BCUT2D eigenvalue weighted by atomic mass is 10.1. The molecule has 0 bridgehead atoms. The molecule has 212 valence electrons. The molecular formula is C33H35N3O5. The van der Waals surface area contributed by atoms with E-state index in [-0.39, 0.29) is 25.0 Å². The van der Waals surface area contributed by atoms with E-state index in [1.165, 1.54) is 4.90 Å². The van der Waals surface area contributed by atoms with E-state index in [1.54, 1.807) is 13.2 Å². The van der Waals surface area contributed by atoms with E-state index in [0.717, 1.165) is 53.6 Å². The zero-order valence-corrected chi connectivity index (χ0v) is 23.3. The quantitative estimate of drug-likeness (QED) is 0.202. The van der Waals surface area contributed by atoms with Gasteiger partial charge in [-0.15, -0.1) is 13.2 Å². The lowest BCUT2D eigenvalue weighted by Crippen LogP contribution is -2.40. The van der Waals surface area contributed by atoms with Gasteiger partial charge in [0.2, 0.25) is 0 Å². The van der Waals surface area contributed by atoms with Crippen molar-refractivity contribution in [2.24, 2.45) is 10.9 Å². The van der Waals surface area contributed by atoms with Crippen LogP contribution in [0.25, 0.3) is 22.2 Å². The van der Waals surface area contributed by atoms with Crippen LogP contribution in [-0.4, -0.2) is 60.0 Å². The summed E-state index contributed by atoms with van der Waals surface area (Å²) in [6, 6.07) is 16.6. The van der Waals surface area contributed by atoms with Crippen molar-refractivity contribution in [1.29, 1.82) is 0 Å². The molecule has 0 N–H and O–H groups in total. The molecule has 8 nitrogen and oxygen atoms in total. The number of carbonyl (C=O) groups is 2. The lowest BCUT2D eigenvalue weighted by Gasteiger charge is -2.21. The third kappa shape index (κ3) is 6.65. The summed E-state index contributed by atoms with van der Waals surface area (Å²) < 4.78 is 17.5.